The van der Waals surface area contributed by atoms with Gasteiger partial charge in [-0.05, 0) is 36.2 Å². The summed E-state index contributed by atoms with van der Waals surface area (Å²) >= 11 is 0. The molecule has 0 saturated heterocycles. The van der Waals surface area contributed by atoms with Crippen molar-refractivity contribution in [2.24, 2.45) is 4.99 Å². The Balaban J connectivity index is 1.96. The Morgan fingerprint density at radius 3 is 2.83 bits per heavy atom. The minimum absolute atomic E-state index is 0.176. The maximum atomic E-state index is 14.1. The van der Waals surface area contributed by atoms with Crippen molar-refractivity contribution in [2.45, 2.75) is 19.9 Å². The second kappa shape index (κ2) is 8.73. The molecule has 2 aromatic rings. The zero-order valence-electron chi connectivity index (χ0n) is 13.3. The van der Waals surface area contributed by atoms with Gasteiger partial charge in [0.05, 0.1) is 6.20 Å². The average Bonchev–Trinajstić information content (AvgIpc) is 2.58. The Bertz CT molecular complexity index is 646. The third-order valence-electron chi connectivity index (χ3n) is 3.08. The van der Waals surface area contributed by atoms with Crippen LogP contribution in [0, 0.1) is 5.82 Å². The number of hydrogen-bond acceptors (Lipinski definition) is 3. The number of ether oxygens (including phenoxy) is 1. The van der Waals surface area contributed by atoms with Gasteiger partial charge in [0.2, 0.25) is 0 Å². The molecule has 1 heterocycles. The van der Waals surface area contributed by atoms with E-state index in [-0.39, 0.29) is 5.75 Å². The number of guanidine groups is 1. The van der Waals surface area contributed by atoms with Crippen LogP contribution in [0.5, 0.6) is 11.5 Å². The Morgan fingerprint density at radius 2 is 2.17 bits per heavy atom. The Labute approximate surface area is 135 Å². The predicted molar refractivity (Wildman–Crippen MR) is 89.2 cm³/mol. The molecule has 122 valence electrons. The number of nitrogens with one attached hydrogen (secondary N) is 2. The van der Waals surface area contributed by atoms with Crippen molar-refractivity contribution in [3.8, 4) is 11.5 Å². The molecule has 0 unspecified atom stereocenters. The van der Waals surface area contributed by atoms with E-state index in [1.165, 1.54) is 12.3 Å². The van der Waals surface area contributed by atoms with E-state index < -0.39 is 5.82 Å². The molecule has 0 spiro atoms. The number of hydrogen-bond donors (Lipinski definition) is 2. The summed E-state index contributed by atoms with van der Waals surface area (Å²) in [6.07, 6.45) is 4.19. The predicted octanol–water partition coefficient (Wildman–Crippen LogP) is 3.09. The minimum Gasteiger partial charge on any atom is -0.453 e. The monoisotopic (exact) mass is 316 g/mol. The average molecular weight is 316 g/mol. The van der Waals surface area contributed by atoms with Gasteiger partial charge in [-0.2, -0.15) is 0 Å². The molecule has 0 fully saturated rings. The first-order chi connectivity index (χ1) is 11.2. The van der Waals surface area contributed by atoms with Gasteiger partial charge in [-0.25, -0.2) is 4.39 Å². The van der Waals surface area contributed by atoms with Crippen LogP contribution in [-0.4, -0.2) is 24.5 Å². The molecule has 0 aliphatic rings. The molecule has 0 amide bonds. The summed E-state index contributed by atoms with van der Waals surface area (Å²) < 4.78 is 19.6. The molecule has 1 aromatic heterocycles. The summed E-state index contributed by atoms with van der Waals surface area (Å²) in [6, 6.07) is 8.34. The van der Waals surface area contributed by atoms with Crippen LogP contribution in [0.1, 0.15) is 18.9 Å². The first-order valence-corrected chi connectivity index (χ1v) is 7.53. The standard InChI is InChI=1S/C17H21FN4O/c1-3-8-21-17(19-2)22-11-13-6-7-16(15(18)10-13)23-14-5-4-9-20-12-14/h4-7,9-10,12H,3,8,11H2,1-2H3,(H2,19,21,22). The van der Waals surface area contributed by atoms with Crippen LogP contribution < -0.4 is 15.4 Å². The van der Waals surface area contributed by atoms with Crippen molar-refractivity contribution in [3.05, 3.63) is 54.1 Å². The quantitative estimate of drug-likeness (QED) is 0.635. The van der Waals surface area contributed by atoms with Crippen LogP contribution >= 0.6 is 0 Å². The van der Waals surface area contributed by atoms with Gasteiger partial charge >= 0.3 is 0 Å². The molecule has 6 heteroatoms. The van der Waals surface area contributed by atoms with Crippen LogP contribution in [0.2, 0.25) is 0 Å². The zero-order chi connectivity index (χ0) is 16.5. The van der Waals surface area contributed by atoms with Gasteiger partial charge < -0.3 is 15.4 Å². The molecule has 0 aliphatic heterocycles. The fourth-order valence-corrected chi connectivity index (χ4v) is 1.92. The van der Waals surface area contributed by atoms with Crippen molar-refractivity contribution in [1.82, 2.24) is 15.6 Å². The Hall–Kier alpha value is -2.63. The summed E-state index contributed by atoms with van der Waals surface area (Å²) in [6.45, 7) is 3.40. The van der Waals surface area contributed by atoms with Gasteiger partial charge in [0.25, 0.3) is 0 Å². The highest BCUT2D eigenvalue weighted by Crippen LogP contribution is 2.24. The number of halogens is 1. The van der Waals surface area contributed by atoms with Crippen LogP contribution in [0.15, 0.2) is 47.7 Å². The van der Waals surface area contributed by atoms with Gasteiger partial charge in [0, 0.05) is 26.3 Å². The van der Waals surface area contributed by atoms with E-state index in [0.717, 1.165) is 18.5 Å². The first kappa shape index (κ1) is 16.7. The minimum atomic E-state index is -0.412. The fraction of sp³-hybridized carbons (Fsp3) is 0.294. The van der Waals surface area contributed by atoms with Crippen molar-refractivity contribution in [1.29, 1.82) is 0 Å². The number of nitrogens with zero attached hydrogens (tertiary/aromatic N) is 2. The van der Waals surface area contributed by atoms with Crippen LogP contribution in [0.3, 0.4) is 0 Å². The number of rotatable bonds is 6. The van der Waals surface area contributed by atoms with E-state index in [9.17, 15) is 4.39 Å². The lowest BCUT2D eigenvalue weighted by molar-refractivity contribution is 0.440. The van der Waals surface area contributed by atoms with Crippen LogP contribution in [0.25, 0.3) is 0 Å². The third kappa shape index (κ3) is 5.25. The molecule has 23 heavy (non-hydrogen) atoms. The second-order valence-corrected chi connectivity index (χ2v) is 4.91. The van der Waals surface area contributed by atoms with E-state index in [0.29, 0.717) is 18.3 Å². The third-order valence-corrected chi connectivity index (χ3v) is 3.08. The second-order valence-electron chi connectivity index (χ2n) is 4.91. The summed E-state index contributed by atoms with van der Waals surface area (Å²) in [5, 5.41) is 6.30. The molecule has 0 aliphatic carbocycles. The highest BCUT2D eigenvalue weighted by Gasteiger charge is 2.07. The molecule has 0 saturated carbocycles. The van der Waals surface area contributed by atoms with E-state index in [2.05, 4.69) is 27.5 Å². The molecular weight excluding hydrogens is 295 g/mol. The Morgan fingerprint density at radius 1 is 1.30 bits per heavy atom. The first-order valence-electron chi connectivity index (χ1n) is 7.53. The van der Waals surface area contributed by atoms with Crippen molar-refractivity contribution in [3.63, 3.8) is 0 Å². The van der Waals surface area contributed by atoms with Gasteiger partial charge in [-0.3, -0.25) is 9.98 Å². The molecule has 0 atom stereocenters. The number of aliphatic imine (C=N–C) groups is 1. The summed E-state index contributed by atoms with van der Waals surface area (Å²) in [5.74, 6) is 0.962. The highest BCUT2D eigenvalue weighted by molar-refractivity contribution is 5.79. The maximum absolute atomic E-state index is 14.1. The summed E-state index contributed by atoms with van der Waals surface area (Å²) in [5.41, 5.74) is 0.806. The molecule has 0 bridgehead atoms. The highest BCUT2D eigenvalue weighted by atomic mass is 19.1. The SMILES string of the molecule is CCCNC(=NC)NCc1ccc(Oc2cccnc2)c(F)c1. The van der Waals surface area contributed by atoms with Crippen molar-refractivity contribution >= 4 is 5.96 Å². The number of aromatic nitrogens is 1. The summed E-state index contributed by atoms with van der Waals surface area (Å²) in [4.78, 5) is 8.04. The molecular formula is C17H21FN4O. The Kier molecular flexibility index (Phi) is 6.35. The lowest BCUT2D eigenvalue weighted by Gasteiger charge is -2.12. The van der Waals surface area contributed by atoms with Crippen molar-refractivity contribution < 1.29 is 9.13 Å². The van der Waals surface area contributed by atoms with Crippen LogP contribution in [-0.2, 0) is 6.54 Å². The molecule has 0 radical (unpaired) electrons. The fourth-order valence-electron chi connectivity index (χ4n) is 1.92. The normalized spacial score (nSPS) is 11.2. The smallest absolute Gasteiger partial charge is 0.191 e. The molecule has 5 nitrogen and oxygen atoms in total. The van der Waals surface area contributed by atoms with E-state index in [1.807, 2.05) is 6.07 Å². The topological polar surface area (TPSA) is 58.5 Å². The van der Waals surface area contributed by atoms with Crippen molar-refractivity contribution in [2.75, 3.05) is 13.6 Å². The van der Waals surface area contributed by atoms with Gasteiger partial charge in [-0.1, -0.05) is 13.0 Å². The number of pyridine rings is 1. The van der Waals surface area contributed by atoms with Gasteiger partial charge in [0.15, 0.2) is 17.5 Å². The zero-order valence-corrected chi connectivity index (χ0v) is 13.3. The molecule has 1 aromatic carbocycles. The molecule has 2 N–H and O–H groups in total. The largest absolute Gasteiger partial charge is 0.453 e. The van der Waals surface area contributed by atoms with Gasteiger partial charge in [0.1, 0.15) is 5.75 Å². The molecule has 2 rings (SSSR count). The lowest BCUT2D eigenvalue weighted by atomic mass is 10.2. The van der Waals surface area contributed by atoms with E-state index in [4.69, 9.17) is 4.74 Å². The maximum Gasteiger partial charge on any atom is 0.191 e. The number of benzene rings is 1. The summed E-state index contributed by atoms with van der Waals surface area (Å²) in [7, 11) is 1.70. The van der Waals surface area contributed by atoms with Gasteiger partial charge in [-0.15, -0.1) is 0 Å². The van der Waals surface area contributed by atoms with E-state index >= 15 is 0 Å². The van der Waals surface area contributed by atoms with Crippen LogP contribution in [0.4, 0.5) is 4.39 Å². The van der Waals surface area contributed by atoms with E-state index in [1.54, 1.807) is 31.4 Å². The lowest BCUT2D eigenvalue weighted by Crippen LogP contribution is -2.37.